The van der Waals surface area contributed by atoms with Crippen molar-refractivity contribution in [2.75, 3.05) is 13.1 Å². The summed E-state index contributed by atoms with van der Waals surface area (Å²) >= 11 is 0. The number of allylic oxidation sites excluding steroid dienone is 8. The first kappa shape index (κ1) is 25.4. The number of nitrogens with two attached hydrogens (primary N) is 1. The van der Waals surface area contributed by atoms with Gasteiger partial charge in [0, 0.05) is 13.0 Å². The van der Waals surface area contributed by atoms with Crippen LogP contribution in [0.15, 0.2) is 48.6 Å². The van der Waals surface area contributed by atoms with E-state index in [0.29, 0.717) is 13.0 Å². The van der Waals surface area contributed by atoms with E-state index < -0.39 is 0 Å². The number of hydrogen-bond acceptors (Lipinski definition) is 2. The Labute approximate surface area is 167 Å². The second-order valence-electron chi connectivity index (χ2n) is 6.83. The zero-order valence-electron chi connectivity index (χ0n) is 17.5. The molecule has 0 fully saturated rings. The predicted molar refractivity (Wildman–Crippen MR) is 120 cm³/mol. The van der Waals surface area contributed by atoms with E-state index >= 15 is 0 Å². The van der Waals surface area contributed by atoms with Gasteiger partial charge in [-0.1, -0.05) is 68.4 Å². The molecule has 0 heterocycles. The van der Waals surface area contributed by atoms with Gasteiger partial charge in [0.1, 0.15) is 0 Å². The molecule has 1 amide bonds. The number of nitrogens with one attached hydrogen (secondary N) is 1. The molecule has 0 saturated heterocycles. The van der Waals surface area contributed by atoms with E-state index in [1.54, 1.807) is 0 Å². The van der Waals surface area contributed by atoms with Gasteiger partial charge in [0.05, 0.1) is 0 Å². The molecule has 0 saturated carbocycles. The Morgan fingerprint density at radius 2 is 1.30 bits per heavy atom. The maximum Gasteiger partial charge on any atom is 0.220 e. The fraction of sp³-hybridized carbons (Fsp3) is 0.625. The quantitative estimate of drug-likeness (QED) is 0.229. The van der Waals surface area contributed by atoms with Gasteiger partial charge >= 0.3 is 0 Å². The van der Waals surface area contributed by atoms with Gasteiger partial charge in [0.2, 0.25) is 5.91 Å². The van der Waals surface area contributed by atoms with Crippen molar-refractivity contribution in [1.29, 1.82) is 0 Å². The Balaban J connectivity index is 3.44. The lowest BCUT2D eigenvalue weighted by Gasteiger charge is -2.03. The van der Waals surface area contributed by atoms with Crippen LogP contribution in [0.25, 0.3) is 0 Å². The fourth-order valence-electron chi connectivity index (χ4n) is 2.53. The highest BCUT2D eigenvalue weighted by molar-refractivity contribution is 5.75. The van der Waals surface area contributed by atoms with Gasteiger partial charge in [-0.15, -0.1) is 0 Å². The lowest BCUT2D eigenvalue weighted by atomic mass is 10.2. The molecule has 27 heavy (non-hydrogen) atoms. The Morgan fingerprint density at radius 1 is 0.741 bits per heavy atom. The van der Waals surface area contributed by atoms with Crippen molar-refractivity contribution >= 4 is 5.91 Å². The molecule has 0 aliphatic carbocycles. The van der Waals surface area contributed by atoms with Crippen molar-refractivity contribution in [3.63, 3.8) is 0 Å². The monoisotopic (exact) mass is 374 g/mol. The Morgan fingerprint density at radius 3 is 1.85 bits per heavy atom. The van der Waals surface area contributed by atoms with Crippen molar-refractivity contribution in [2.24, 2.45) is 5.73 Å². The van der Waals surface area contributed by atoms with Crippen LogP contribution < -0.4 is 11.1 Å². The molecule has 0 aromatic carbocycles. The van der Waals surface area contributed by atoms with Crippen LogP contribution in [0.4, 0.5) is 0 Å². The highest BCUT2D eigenvalue weighted by Crippen LogP contribution is 2.01. The fourth-order valence-corrected chi connectivity index (χ4v) is 2.53. The second kappa shape index (κ2) is 22.4. The Hall–Kier alpha value is -1.61. The van der Waals surface area contributed by atoms with Crippen LogP contribution in [0.5, 0.6) is 0 Å². The van der Waals surface area contributed by atoms with Crippen molar-refractivity contribution in [3.8, 4) is 0 Å². The number of carbonyl (C=O) groups excluding carboxylic acids is 1. The first-order chi connectivity index (χ1) is 13.3. The van der Waals surface area contributed by atoms with Gasteiger partial charge in [-0.2, -0.15) is 0 Å². The minimum Gasteiger partial charge on any atom is -0.356 e. The molecule has 0 rings (SSSR count). The van der Waals surface area contributed by atoms with Crippen molar-refractivity contribution < 1.29 is 4.79 Å². The van der Waals surface area contributed by atoms with Gasteiger partial charge < -0.3 is 11.1 Å². The normalized spacial score (nSPS) is 12.2. The smallest absolute Gasteiger partial charge is 0.220 e. The molecule has 3 nitrogen and oxygen atoms in total. The lowest BCUT2D eigenvalue weighted by Crippen LogP contribution is -2.24. The van der Waals surface area contributed by atoms with Crippen LogP contribution in [0.3, 0.4) is 0 Å². The molecule has 3 N–H and O–H groups in total. The standard InChI is InChI=1S/C24H42N2O/c1-2-3-4-5-6-7-8-9-10-11-12-13-14-15-16-17-18-21-24(27)26-23-20-19-22-25/h6-7,9-10,12-13,15-16H,2-5,8,11,14,17-23,25H2,1H3,(H,26,27). The zero-order valence-corrected chi connectivity index (χ0v) is 17.5. The highest BCUT2D eigenvalue weighted by Gasteiger charge is 1.98. The predicted octanol–water partition coefficient (Wildman–Crippen LogP) is 5.99. The van der Waals surface area contributed by atoms with Crippen molar-refractivity contribution in [1.82, 2.24) is 5.32 Å². The van der Waals surface area contributed by atoms with Crippen LogP contribution in [-0.2, 0) is 4.79 Å². The van der Waals surface area contributed by atoms with Crippen molar-refractivity contribution in [2.45, 2.75) is 84.0 Å². The van der Waals surface area contributed by atoms with E-state index in [1.165, 1.54) is 25.7 Å². The molecule has 0 aromatic rings. The average Bonchev–Trinajstić information content (AvgIpc) is 2.67. The molecular formula is C24H42N2O. The van der Waals surface area contributed by atoms with Crippen LogP contribution in [0.1, 0.15) is 84.0 Å². The van der Waals surface area contributed by atoms with Gasteiger partial charge in [-0.25, -0.2) is 0 Å². The third kappa shape index (κ3) is 22.3. The summed E-state index contributed by atoms with van der Waals surface area (Å²) in [5.74, 6) is 0.155. The minimum atomic E-state index is 0.155. The van der Waals surface area contributed by atoms with E-state index in [9.17, 15) is 4.79 Å². The summed E-state index contributed by atoms with van der Waals surface area (Å²) in [7, 11) is 0. The molecule has 0 bridgehead atoms. The Bertz CT molecular complexity index is 436. The number of unbranched alkanes of at least 4 members (excludes halogenated alkanes) is 5. The Kier molecular flexibility index (Phi) is 21.1. The third-order valence-corrected chi connectivity index (χ3v) is 4.19. The SMILES string of the molecule is CCCCCC=CCC=CCC=CCC=CCCCC(=O)NCCCCN. The number of carbonyl (C=O) groups is 1. The van der Waals surface area contributed by atoms with E-state index in [4.69, 9.17) is 5.73 Å². The molecule has 0 atom stereocenters. The summed E-state index contributed by atoms with van der Waals surface area (Å²) in [5.41, 5.74) is 5.42. The summed E-state index contributed by atoms with van der Waals surface area (Å²) in [6, 6.07) is 0. The molecule has 0 aliphatic rings. The van der Waals surface area contributed by atoms with E-state index in [0.717, 1.165) is 51.5 Å². The van der Waals surface area contributed by atoms with E-state index in [1.807, 2.05) is 0 Å². The van der Waals surface area contributed by atoms with Crippen LogP contribution >= 0.6 is 0 Å². The van der Waals surface area contributed by atoms with Crippen LogP contribution in [0, 0.1) is 0 Å². The summed E-state index contributed by atoms with van der Waals surface area (Å²) < 4.78 is 0. The molecule has 154 valence electrons. The first-order valence-corrected chi connectivity index (χ1v) is 10.9. The molecular weight excluding hydrogens is 332 g/mol. The van der Waals surface area contributed by atoms with Crippen LogP contribution in [0.2, 0.25) is 0 Å². The summed E-state index contributed by atoms with van der Waals surface area (Å²) in [4.78, 5) is 11.6. The van der Waals surface area contributed by atoms with Gasteiger partial charge in [0.15, 0.2) is 0 Å². The van der Waals surface area contributed by atoms with Gasteiger partial charge in [0.25, 0.3) is 0 Å². The van der Waals surface area contributed by atoms with Gasteiger partial charge in [-0.05, 0) is 64.3 Å². The molecule has 0 aliphatic heterocycles. The third-order valence-electron chi connectivity index (χ3n) is 4.19. The molecule has 3 heteroatoms. The zero-order chi connectivity index (χ0) is 19.8. The topological polar surface area (TPSA) is 55.1 Å². The first-order valence-electron chi connectivity index (χ1n) is 10.9. The molecule has 0 unspecified atom stereocenters. The molecule has 0 aromatic heterocycles. The van der Waals surface area contributed by atoms with E-state index in [-0.39, 0.29) is 5.91 Å². The summed E-state index contributed by atoms with van der Waals surface area (Å²) in [6.45, 7) is 3.69. The maximum atomic E-state index is 11.6. The molecule has 0 radical (unpaired) electrons. The summed E-state index contributed by atoms with van der Waals surface area (Å²) in [6.07, 6.45) is 30.4. The lowest BCUT2D eigenvalue weighted by molar-refractivity contribution is -0.121. The average molecular weight is 375 g/mol. The number of hydrogen-bond donors (Lipinski definition) is 2. The highest BCUT2D eigenvalue weighted by atomic mass is 16.1. The number of amides is 1. The maximum absolute atomic E-state index is 11.6. The van der Waals surface area contributed by atoms with Crippen molar-refractivity contribution in [3.05, 3.63) is 48.6 Å². The largest absolute Gasteiger partial charge is 0.356 e. The van der Waals surface area contributed by atoms with E-state index in [2.05, 4.69) is 60.8 Å². The number of rotatable bonds is 18. The van der Waals surface area contributed by atoms with Crippen LogP contribution in [-0.4, -0.2) is 19.0 Å². The second-order valence-corrected chi connectivity index (χ2v) is 6.83. The molecule has 0 spiro atoms. The summed E-state index contributed by atoms with van der Waals surface area (Å²) in [5, 5.41) is 2.93. The minimum absolute atomic E-state index is 0.155. The van der Waals surface area contributed by atoms with Gasteiger partial charge in [-0.3, -0.25) is 4.79 Å².